The molecule has 11 heteroatoms. The van der Waals surface area contributed by atoms with Gasteiger partial charge in [0, 0.05) is 36.2 Å². The molecule has 1 heterocycles. The van der Waals surface area contributed by atoms with Gasteiger partial charge < -0.3 is 25.6 Å². The molecule has 0 aliphatic heterocycles. The van der Waals surface area contributed by atoms with E-state index in [2.05, 4.69) is 22.2 Å². The number of aromatic amines is 1. The summed E-state index contributed by atoms with van der Waals surface area (Å²) in [5.74, 6) is -0.147. The summed E-state index contributed by atoms with van der Waals surface area (Å²) in [6, 6.07) is 12.7. The summed E-state index contributed by atoms with van der Waals surface area (Å²) in [5.41, 5.74) is 2.43. The van der Waals surface area contributed by atoms with E-state index in [1.807, 2.05) is 44.2 Å². The zero-order chi connectivity index (χ0) is 29.4. The largest absolute Gasteiger partial charge is 0.494 e. The number of aliphatic hydroxyl groups excluding tert-OH is 1. The van der Waals surface area contributed by atoms with Gasteiger partial charge in [-0.1, -0.05) is 57.5 Å². The average molecular weight is 573 g/mol. The predicted molar refractivity (Wildman–Crippen MR) is 157 cm³/mol. The Bertz CT molecular complexity index is 1420. The van der Waals surface area contributed by atoms with E-state index >= 15 is 0 Å². The Labute approximate surface area is 235 Å². The van der Waals surface area contributed by atoms with E-state index in [0.29, 0.717) is 28.7 Å². The van der Waals surface area contributed by atoms with E-state index in [9.17, 15) is 28.5 Å². The number of nitrogens with zero attached hydrogens (tertiary/aromatic N) is 2. The standard InChI is InChI=1S/C29H40N4O6S/c1-5-6-14-30-20(4)27-23-16-22(12-13-24(23)31-28(27)35)40(38,39)33(17-19(2)3)18-26(34)25(32-29(36)37)15-21-10-8-7-9-11-21/h7-13,16,19,25-26,31-32,34-35H,5-6,14-15,17-18H2,1-4H3,(H,36,37). The van der Waals surface area contributed by atoms with Crippen molar-refractivity contribution in [1.82, 2.24) is 14.6 Å². The zero-order valence-corrected chi connectivity index (χ0v) is 24.3. The minimum Gasteiger partial charge on any atom is -0.494 e. The Morgan fingerprint density at radius 2 is 1.82 bits per heavy atom. The monoisotopic (exact) mass is 572 g/mol. The number of hydrogen-bond acceptors (Lipinski definition) is 6. The van der Waals surface area contributed by atoms with Crippen molar-refractivity contribution in [2.75, 3.05) is 19.6 Å². The second-order valence-electron chi connectivity index (χ2n) is 10.4. The summed E-state index contributed by atoms with van der Waals surface area (Å²) in [6.07, 6.45) is -0.550. The number of H-pyrrole nitrogens is 1. The molecule has 218 valence electrons. The number of aliphatic hydroxyl groups is 1. The van der Waals surface area contributed by atoms with Crippen molar-refractivity contribution in [1.29, 1.82) is 0 Å². The number of carbonyl (C=O) groups is 1. The third kappa shape index (κ3) is 7.83. The quantitative estimate of drug-likeness (QED) is 0.143. The number of aromatic hydroxyl groups is 1. The fraction of sp³-hybridized carbons (Fsp3) is 0.448. The van der Waals surface area contributed by atoms with Gasteiger partial charge in [0.1, 0.15) is 0 Å². The molecule has 0 saturated heterocycles. The SMILES string of the molecule is CCCCN=C(C)c1c(O)[nH]c2ccc(S(=O)(=O)N(CC(C)C)CC(O)C(Cc3ccccc3)NC(=O)O)cc12. The normalized spacial score (nSPS) is 14.1. The van der Waals surface area contributed by atoms with Crippen molar-refractivity contribution in [2.45, 2.75) is 64.0 Å². The molecule has 0 spiro atoms. The maximum atomic E-state index is 13.9. The fourth-order valence-electron chi connectivity index (χ4n) is 4.64. The van der Waals surface area contributed by atoms with E-state index in [0.717, 1.165) is 18.4 Å². The predicted octanol–water partition coefficient (Wildman–Crippen LogP) is 4.37. The van der Waals surface area contributed by atoms with Gasteiger partial charge in [-0.2, -0.15) is 4.31 Å². The number of nitrogens with one attached hydrogen (secondary N) is 2. The van der Waals surface area contributed by atoms with Crippen LogP contribution in [0.15, 0.2) is 58.4 Å². The van der Waals surface area contributed by atoms with Crippen LogP contribution < -0.4 is 5.32 Å². The highest BCUT2D eigenvalue weighted by Gasteiger charge is 2.32. The first-order chi connectivity index (χ1) is 18.9. The molecule has 0 aliphatic rings. The number of unbranched alkanes of at least 4 members (excludes halogenated alkanes) is 1. The van der Waals surface area contributed by atoms with E-state index in [1.165, 1.54) is 16.4 Å². The Morgan fingerprint density at radius 3 is 2.45 bits per heavy atom. The lowest BCUT2D eigenvalue weighted by Gasteiger charge is -2.30. The minimum atomic E-state index is -4.11. The Hall–Kier alpha value is -3.41. The Balaban J connectivity index is 1.96. The molecule has 2 unspecified atom stereocenters. The molecule has 3 aromatic rings. The molecular formula is C29H40N4O6S. The molecule has 40 heavy (non-hydrogen) atoms. The Morgan fingerprint density at radius 1 is 1.12 bits per heavy atom. The minimum absolute atomic E-state index is 0.000242. The second kappa shape index (κ2) is 13.8. The van der Waals surface area contributed by atoms with Gasteiger partial charge in [-0.25, -0.2) is 13.2 Å². The van der Waals surface area contributed by atoms with E-state index in [-0.39, 0.29) is 36.2 Å². The average Bonchev–Trinajstić information content (AvgIpc) is 3.23. The second-order valence-corrected chi connectivity index (χ2v) is 12.3. The fourth-order valence-corrected chi connectivity index (χ4v) is 6.29. The number of benzene rings is 2. The van der Waals surface area contributed by atoms with Crippen molar-refractivity contribution in [3.05, 3.63) is 59.7 Å². The summed E-state index contributed by atoms with van der Waals surface area (Å²) in [7, 11) is -4.11. The van der Waals surface area contributed by atoms with E-state index in [4.69, 9.17) is 0 Å². The van der Waals surface area contributed by atoms with Crippen LogP contribution in [0.2, 0.25) is 0 Å². The van der Waals surface area contributed by atoms with Gasteiger partial charge in [-0.05, 0) is 49.4 Å². The lowest BCUT2D eigenvalue weighted by atomic mass is 10.0. The molecule has 1 amide bonds. The molecule has 2 atom stereocenters. The summed E-state index contributed by atoms with van der Waals surface area (Å²) >= 11 is 0. The number of aliphatic imine (C=N–C) groups is 1. The van der Waals surface area contributed by atoms with Crippen molar-refractivity contribution in [3.63, 3.8) is 0 Å². The Kier molecular flexibility index (Phi) is 10.7. The summed E-state index contributed by atoms with van der Waals surface area (Å²) < 4.78 is 29.0. The highest BCUT2D eigenvalue weighted by Crippen LogP contribution is 2.31. The molecule has 2 aromatic carbocycles. The van der Waals surface area contributed by atoms with Crippen LogP contribution in [0.1, 0.15) is 51.7 Å². The third-order valence-electron chi connectivity index (χ3n) is 6.64. The van der Waals surface area contributed by atoms with Gasteiger partial charge in [-0.3, -0.25) is 4.99 Å². The number of rotatable bonds is 14. The van der Waals surface area contributed by atoms with Crippen LogP contribution in [0.5, 0.6) is 5.88 Å². The lowest BCUT2D eigenvalue weighted by molar-refractivity contribution is 0.0980. The van der Waals surface area contributed by atoms with Crippen LogP contribution in [0, 0.1) is 5.92 Å². The van der Waals surface area contributed by atoms with Crippen molar-refractivity contribution in [3.8, 4) is 5.88 Å². The van der Waals surface area contributed by atoms with Crippen LogP contribution in [-0.4, -0.2) is 76.6 Å². The summed E-state index contributed by atoms with van der Waals surface area (Å²) in [6.45, 7) is 7.99. The van der Waals surface area contributed by atoms with Crippen LogP contribution in [0.3, 0.4) is 0 Å². The van der Waals surface area contributed by atoms with Crippen LogP contribution in [0.25, 0.3) is 10.9 Å². The maximum Gasteiger partial charge on any atom is 0.404 e. The zero-order valence-electron chi connectivity index (χ0n) is 23.5. The number of aromatic nitrogens is 1. The van der Waals surface area contributed by atoms with Crippen molar-refractivity contribution < 1.29 is 28.5 Å². The van der Waals surface area contributed by atoms with Crippen LogP contribution in [0.4, 0.5) is 4.79 Å². The molecule has 1 aromatic heterocycles. The van der Waals surface area contributed by atoms with Gasteiger partial charge in [0.05, 0.1) is 22.6 Å². The van der Waals surface area contributed by atoms with Gasteiger partial charge in [0.25, 0.3) is 0 Å². The lowest BCUT2D eigenvalue weighted by Crippen LogP contribution is -2.50. The molecule has 0 radical (unpaired) electrons. The van der Waals surface area contributed by atoms with Crippen molar-refractivity contribution >= 4 is 32.7 Å². The topological polar surface area (TPSA) is 155 Å². The molecular weight excluding hydrogens is 532 g/mol. The van der Waals surface area contributed by atoms with Gasteiger partial charge >= 0.3 is 6.09 Å². The molecule has 5 N–H and O–H groups in total. The number of fused-ring (bicyclic) bond motifs is 1. The van der Waals surface area contributed by atoms with Gasteiger partial charge in [-0.15, -0.1) is 0 Å². The summed E-state index contributed by atoms with van der Waals surface area (Å²) in [4.78, 5) is 18.9. The first-order valence-electron chi connectivity index (χ1n) is 13.5. The van der Waals surface area contributed by atoms with Crippen LogP contribution in [-0.2, 0) is 16.4 Å². The van der Waals surface area contributed by atoms with E-state index in [1.54, 1.807) is 13.0 Å². The first kappa shape index (κ1) is 31.1. The smallest absolute Gasteiger partial charge is 0.404 e. The highest BCUT2D eigenvalue weighted by atomic mass is 32.2. The first-order valence-corrected chi connectivity index (χ1v) is 15.0. The maximum absolute atomic E-state index is 13.9. The number of amides is 1. The molecule has 0 fully saturated rings. The summed E-state index contributed by atoms with van der Waals surface area (Å²) in [5, 5.41) is 33.9. The van der Waals surface area contributed by atoms with Gasteiger partial charge in [0.2, 0.25) is 10.0 Å². The van der Waals surface area contributed by atoms with E-state index < -0.39 is 28.3 Å². The molecule has 10 nitrogen and oxygen atoms in total. The molecule has 3 rings (SSSR count). The molecule has 0 bridgehead atoms. The number of hydrogen-bond donors (Lipinski definition) is 5. The highest BCUT2D eigenvalue weighted by molar-refractivity contribution is 7.89. The number of sulfonamides is 1. The van der Waals surface area contributed by atoms with Crippen molar-refractivity contribution in [2.24, 2.45) is 10.9 Å². The van der Waals surface area contributed by atoms with Crippen LogP contribution >= 0.6 is 0 Å². The molecule has 0 aliphatic carbocycles. The van der Waals surface area contributed by atoms with Gasteiger partial charge in [0.15, 0.2) is 5.88 Å². The number of carboxylic acid groups (broad SMARTS) is 1. The third-order valence-corrected chi connectivity index (χ3v) is 8.47. The molecule has 0 saturated carbocycles.